The van der Waals surface area contributed by atoms with E-state index in [1.54, 1.807) is 146 Å². The van der Waals surface area contributed by atoms with Gasteiger partial charge in [0.1, 0.15) is 17.2 Å². The van der Waals surface area contributed by atoms with Gasteiger partial charge in [-0.15, -0.1) is 27.5 Å². The molecule has 0 saturated carbocycles. The van der Waals surface area contributed by atoms with E-state index in [0.29, 0.717) is 72.6 Å². The molecule has 0 saturated heterocycles. The summed E-state index contributed by atoms with van der Waals surface area (Å²) in [6.07, 6.45) is 9.63. The van der Waals surface area contributed by atoms with Crippen molar-refractivity contribution >= 4 is 37.3 Å². The fraction of sp³-hybridized carbons (Fsp3) is 0.236. The number of hydrogen-bond acceptors (Lipinski definition) is 19. The number of hydrogen-bond donors (Lipinski definition) is 6. The van der Waals surface area contributed by atoms with Gasteiger partial charge >= 0.3 is 39.0 Å². The van der Waals surface area contributed by atoms with Gasteiger partial charge in [0.25, 0.3) is 0 Å². The van der Waals surface area contributed by atoms with Gasteiger partial charge in [0.15, 0.2) is 0 Å². The molecular weight excluding hydrogens is 1120 g/mol. The normalized spacial score (nSPS) is 12.5. The van der Waals surface area contributed by atoms with Gasteiger partial charge in [0.05, 0.1) is 0 Å². The van der Waals surface area contributed by atoms with Gasteiger partial charge in [-0.3, -0.25) is 30.0 Å². The average molecular weight is 1180 g/mol. The number of phenols is 3. The number of aliphatic hydroxyl groups is 3. The predicted molar refractivity (Wildman–Crippen MR) is 277 cm³/mol. The van der Waals surface area contributed by atoms with Crippen LogP contribution in [0.25, 0.3) is 0 Å². The van der Waals surface area contributed by atoms with Crippen molar-refractivity contribution in [3.8, 4) is 34.5 Å². The summed E-state index contributed by atoms with van der Waals surface area (Å²) in [5.41, 5.74) is 2.59. The Morgan fingerprint density at radius 2 is 0.494 bits per heavy atom. The summed E-state index contributed by atoms with van der Waals surface area (Å²) in [6.45, 7) is 6.40. The van der Waals surface area contributed by atoms with Crippen molar-refractivity contribution in [3.63, 3.8) is 0 Å². The first-order valence-corrected chi connectivity index (χ1v) is 23.7. The molecule has 22 heteroatoms. The van der Waals surface area contributed by atoms with Crippen LogP contribution in [-0.4, -0.2) is 129 Å². The van der Waals surface area contributed by atoms with Crippen molar-refractivity contribution in [1.29, 1.82) is 0 Å². The maximum atomic E-state index is 11.9. The van der Waals surface area contributed by atoms with Crippen molar-refractivity contribution in [2.45, 2.75) is 13.8 Å². The van der Waals surface area contributed by atoms with Crippen molar-refractivity contribution < 1.29 is 114 Å². The van der Waals surface area contributed by atoms with E-state index in [0.717, 1.165) is 21.3 Å². The zero-order chi connectivity index (χ0) is 56.1. The first-order chi connectivity index (χ1) is 35.9. The maximum Gasteiger partial charge on any atom is 2.00 e. The van der Waals surface area contributed by atoms with Crippen molar-refractivity contribution in [3.05, 3.63) is 179 Å². The molecule has 0 aromatic heterocycles. The molecule has 0 heterocycles. The third-order valence-electron chi connectivity index (χ3n) is 9.79. The topological polar surface area (TPSA) is 357 Å². The van der Waals surface area contributed by atoms with E-state index in [1.807, 2.05) is 32.0 Å². The molecule has 6 aromatic rings. The van der Waals surface area contributed by atoms with Crippen LogP contribution in [0.4, 0.5) is 0 Å². The quantitative estimate of drug-likeness (QED) is 0.0520. The second-order valence-corrected chi connectivity index (χ2v) is 16.9. The summed E-state index contributed by atoms with van der Waals surface area (Å²) in [5, 5.41) is 86.5. The van der Waals surface area contributed by atoms with E-state index < -0.39 is 21.1 Å². The third kappa shape index (κ3) is 30.7. The molecule has 0 unspecified atom stereocenters. The summed E-state index contributed by atoms with van der Waals surface area (Å²) < 4.78 is 34.0. The largest absolute Gasteiger partial charge is 2.00 e. The van der Waals surface area contributed by atoms with Gasteiger partial charge < -0.3 is 46.0 Å². The second kappa shape index (κ2) is 40.6. The second-order valence-electron chi connectivity index (χ2n) is 16.1. The minimum atomic E-state index is -4.94. The molecule has 6 N–H and O–H groups in total. The maximum absolute atomic E-state index is 11.9. The molecule has 0 radical (unpaired) electrons. The van der Waals surface area contributed by atoms with Crippen molar-refractivity contribution in [2.75, 3.05) is 60.6 Å². The van der Waals surface area contributed by atoms with Crippen LogP contribution in [0, 0.1) is 21.1 Å². The van der Waals surface area contributed by atoms with Crippen molar-refractivity contribution in [2.24, 2.45) is 40.8 Å². The number of aromatic hydroxyl groups is 3. The Kier molecular flexibility index (Phi) is 38.2. The number of benzene rings is 6. The van der Waals surface area contributed by atoms with Gasteiger partial charge in [0, 0.05) is 125 Å². The summed E-state index contributed by atoms with van der Waals surface area (Å²) in [5.74, 6) is 0.253. The number of aliphatic hydroxyl groups excluding tert-OH is 3. The SMILES string of the molecule is CC(CN=Cc1ccccc1[O-])(CN=Cc1ccccc1O)CN=Cc1ccccc1O.CC(CN=Cc1ccccc1[O-])(CN=Cc1ccccc1[O-])CN=Cc1ccccc1O.CO.CO.CO.[O-][Cl+3]([O-])([O-])[O-].[Zn+2].[Zn+2]. The number of phenolic OH excluding ortho intramolecular Hbond substituents is 3. The molecular formula is C55H63ClN6O13Zn2. The molecule has 0 bridgehead atoms. The molecule has 0 amide bonds. The molecule has 0 aliphatic carbocycles. The van der Waals surface area contributed by atoms with Crippen LogP contribution in [0.15, 0.2) is 176 Å². The van der Waals surface area contributed by atoms with E-state index in [9.17, 15) is 30.6 Å². The molecule has 402 valence electrons. The number of aliphatic imine (C=N–C) groups is 6. The van der Waals surface area contributed by atoms with E-state index >= 15 is 0 Å². The van der Waals surface area contributed by atoms with Gasteiger partial charge in [-0.2, -0.15) is 0 Å². The molecule has 0 fully saturated rings. The minimum absolute atomic E-state index is 0. The molecule has 6 rings (SSSR count). The number of nitrogens with zero attached hydrogens (tertiary/aromatic N) is 6. The molecule has 0 aliphatic rings. The van der Waals surface area contributed by atoms with E-state index in [4.69, 9.17) is 34.0 Å². The summed E-state index contributed by atoms with van der Waals surface area (Å²) >= 11 is 0. The number of halogens is 1. The molecule has 19 nitrogen and oxygen atoms in total. The molecule has 6 aromatic carbocycles. The standard InChI is InChI=1S/2C26H27N3O3.3CH4O.ClHO4.2Zn/c2*1-26(17-27-14-20-8-2-5-11-23(20)30,18-28-15-21-9-3-6-12-24(21)31)19-29-16-22-10-4-7-13-25(22)32;3*1-2;2-1(3,4)5;;/h2*2-16,30-32H,17-19H2,1H3;3*2H,1H3;(H,2,3,4,5);;/q;;;;;;2*+2/p-4. The predicted octanol–water partition coefficient (Wildman–Crippen LogP) is 1.10. The Morgan fingerprint density at radius 1 is 0.338 bits per heavy atom. The van der Waals surface area contributed by atoms with Gasteiger partial charge in [-0.25, -0.2) is 18.6 Å². The zero-order valence-corrected chi connectivity index (χ0v) is 50.3. The van der Waals surface area contributed by atoms with E-state index in [2.05, 4.69) is 30.0 Å². The third-order valence-corrected chi connectivity index (χ3v) is 9.79. The number of rotatable bonds is 18. The van der Waals surface area contributed by atoms with Gasteiger partial charge in [-0.05, 0) is 53.1 Å². The minimum Gasteiger partial charge on any atom is -0.872 e. The molecule has 0 spiro atoms. The first-order valence-electron chi connectivity index (χ1n) is 22.5. The Bertz CT molecular complexity index is 2280. The van der Waals surface area contributed by atoms with E-state index in [1.165, 1.54) is 18.2 Å². The summed E-state index contributed by atoms with van der Waals surface area (Å²) in [4.78, 5) is 27.0. The van der Waals surface area contributed by atoms with Crippen LogP contribution >= 0.6 is 0 Å². The first kappa shape index (κ1) is 72.5. The van der Waals surface area contributed by atoms with Gasteiger partial charge in [-0.1, -0.05) is 123 Å². The zero-order valence-electron chi connectivity index (χ0n) is 43.6. The average Bonchev–Trinajstić information content (AvgIpc) is 3.39. The fourth-order valence-corrected chi connectivity index (χ4v) is 6.04. The Morgan fingerprint density at radius 3 is 0.675 bits per heavy atom. The summed E-state index contributed by atoms with van der Waals surface area (Å²) in [7, 11) is -1.94. The molecule has 0 aliphatic heterocycles. The van der Waals surface area contributed by atoms with Crippen LogP contribution in [0.2, 0.25) is 0 Å². The van der Waals surface area contributed by atoms with Crippen LogP contribution in [-0.2, 0) is 39.0 Å². The Balaban J connectivity index is 0. The summed E-state index contributed by atoms with van der Waals surface area (Å²) in [6, 6.07) is 41.1. The smallest absolute Gasteiger partial charge is 0.872 e. The van der Waals surface area contributed by atoms with Crippen LogP contribution < -0.4 is 34.0 Å². The molecule has 77 heavy (non-hydrogen) atoms. The Labute approximate surface area is 477 Å². The van der Waals surface area contributed by atoms with Crippen molar-refractivity contribution in [1.82, 2.24) is 0 Å². The van der Waals surface area contributed by atoms with E-state index in [-0.39, 0.29) is 73.5 Å². The number of para-hydroxylation sites is 6. The van der Waals surface area contributed by atoms with Crippen LogP contribution in [0.3, 0.4) is 0 Å². The molecule has 0 atom stereocenters. The van der Waals surface area contributed by atoms with Crippen LogP contribution in [0.1, 0.15) is 47.2 Å². The fourth-order valence-electron chi connectivity index (χ4n) is 6.04. The van der Waals surface area contributed by atoms with Gasteiger partial charge in [0.2, 0.25) is 0 Å². The Hall–Kier alpha value is -6.60. The monoisotopic (exact) mass is 1180 g/mol. The van der Waals surface area contributed by atoms with Crippen LogP contribution in [0.5, 0.6) is 34.5 Å².